The van der Waals surface area contributed by atoms with Gasteiger partial charge < -0.3 is 9.67 Å². The van der Waals surface area contributed by atoms with Crippen LogP contribution in [-0.4, -0.2) is 37.6 Å². The summed E-state index contributed by atoms with van der Waals surface area (Å²) in [5, 5.41) is 21.5. The van der Waals surface area contributed by atoms with Crippen LogP contribution in [0.3, 0.4) is 0 Å². The minimum atomic E-state index is -0.737. The maximum atomic E-state index is 11.2. The number of nitrogens with zero attached hydrogens (tertiary/aromatic N) is 5. The number of aromatic nitrogens is 3. The van der Waals surface area contributed by atoms with Crippen molar-refractivity contribution >= 4 is 11.0 Å². The fourth-order valence-electron chi connectivity index (χ4n) is 5.66. The Kier molecular flexibility index (Phi) is 6.43. The monoisotopic (exact) mass is 443 g/mol. The summed E-state index contributed by atoms with van der Waals surface area (Å²) in [6.07, 6.45) is 11.1. The van der Waals surface area contributed by atoms with Gasteiger partial charge in [-0.05, 0) is 36.8 Å². The number of fused-ring (bicyclic) bond motifs is 1. The normalized spacial score (nSPS) is 19.5. The minimum Gasteiger partial charge on any atom is -0.385 e. The molecule has 1 saturated heterocycles. The molecular weight excluding hydrogens is 410 g/mol. The third kappa shape index (κ3) is 4.80. The summed E-state index contributed by atoms with van der Waals surface area (Å²) in [6.45, 7) is 3.47. The number of piperidine rings is 1. The third-order valence-corrected chi connectivity index (χ3v) is 7.69. The van der Waals surface area contributed by atoms with Crippen molar-refractivity contribution in [2.75, 3.05) is 13.1 Å². The van der Waals surface area contributed by atoms with Gasteiger partial charge in [-0.3, -0.25) is 4.90 Å². The molecule has 1 aromatic carbocycles. The van der Waals surface area contributed by atoms with Gasteiger partial charge in [-0.1, -0.05) is 62.4 Å². The average molecular weight is 444 g/mol. The molecule has 0 radical (unpaired) electrons. The molecule has 0 spiro atoms. The van der Waals surface area contributed by atoms with Gasteiger partial charge in [-0.2, -0.15) is 5.26 Å². The van der Waals surface area contributed by atoms with E-state index in [2.05, 4.69) is 31.6 Å². The van der Waals surface area contributed by atoms with Crippen molar-refractivity contribution in [1.82, 2.24) is 19.4 Å². The quantitative estimate of drug-likeness (QED) is 0.594. The van der Waals surface area contributed by atoms with E-state index >= 15 is 0 Å². The highest BCUT2D eigenvalue weighted by Crippen LogP contribution is 2.34. The third-order valence-electron chi connectivity index (χ3n) is 7.69. The van der Waals surface area contributed by atoms with Crippen LogP contribution in [-0.2, 0) is 18.7 Å². The highest BCUT2D eigenvalue weighted by molar-refractivity contribution is 5.76. The molecule has 2 aromatic heterocycles. The van der Waals surface area contributed by atoms with E-state index in [1.54, 1.807) is 6.20 Å². The van der Waals surface area contributed by atoms with Gasteiger partial charge in [0.1, 0.15) is 11.7 Å². The molecule has 172 valence electrons. The van der Waals surface area contributed by atoms with E-state index in [-0.39, 0.29) is 5.82 Å². The predicted molar refractivity (Wildman–Crippen MR) is 128 cm³/mol. The highest BCUT2D eigenvalue weighted by atomic mass is 16.3. The Hall–Kier alpha value is -2.75. The number of nitriles is 1. The van der Waals surface area contributed by atoms with E-state index in [0.717, 1.165) is 68.0 Å². The standard InChI is InChI=1S/C27H33N5O/c28-18-25-29-19-22-17-24(32(26(22)30-25)14-11-21-7-3-1-4-8-21)20-31-15-12-27(33,13-16-31)23-9-5-2-6-10-23/h2,5-6,9-10,17,19,21,33H,1,3-4,7-8,11-16,20H2. The lowest BCUT2D eigenvalue weighted by atomic mass is 9.84. The first-order valence-corrected chi connectivity index (χ1v) is 12.4. The second-order valence-corrected chi connectivity index (χ2v) is 9.84. The van der Waals surface area contributed by atoms with Crippen molar-refractivity contribution in [2.24, 2.45) is 5.92 Å². The lowest BCUT2D eigenvalue weighted by molar-refractivity contribution is -0.0281. The van der Waals surface area contributed by atoms with Crippen molar-refractivity contribution in [3.05, 3.63) is 59.7 Å². The zero-order valence-electron chi connectivity index (χ0n) is 19.3. The van der Waals surface area contributed by atoms with E-state index < -0.39 is 5.60 Å². The van der Waals surface area contributed by atoms with Gasteiger partial charge >= 0.3 is 0 Å². The van der Waals surface area contributed by atoms with Crippen molar-refractivity contribution in [2.45, 2.75) is 70.1 Å². The Bertz CT molecular complexity index is 1120. The van der Waals surface area contributed by atoms with Crippen LogP contribution < -0.4 is 0 Å². The molecule has 1 aliphatic carbocycles. The van der Waals surface area contributed by atoms with Crippen LogP contribution in [0.15, 0.2) is 42.6 Å². The zero-order chi connectivity index (χ0) is 22.7. The molecule has 0 unspecified atom stereocenters. The first-order chi connectivity index (χ1) is 16.1. The van der Waals surface area contributed by atoms with Crippen LogP contribution in [0.4, 0.5) is 0 Å². The second kappa shape index (κ2) is 9.62. The Balaban J connectivity index is 1.33. The lowest BCUT2D eigenvalue weighted by Gasteiger charge is -2.38. The fraction of sp³-hybridized carbons (Fsp3) is 0.519. The largest absolute Gasteiger partial charge is 0.385 e. The molecule has 0 atom stereocenters. The molecule has 3 heterocycles. The smallest absolute Gasteiger partial charge is 0.234 e. The molecule has 1 saturated carbocycles. The highest BCUT2D eigenvalue weighted by Gasteiger charge is 2.34. The van der Waals surface area contributed by atoms with Gasteiger partial charge in [0, 0.05) is 43.5 Å². The number of hydrogen-bond acceptors (Lipinski definition) is 5. The molecule has 33 heavy (non-hydrogen) atoms. The van der Waals surface area contributed by atoms with E-state index in [4.69, 9.17) is 0 Å². The van der Waals surface area contributed by atoms with Crippen LogP contribution in [0.5, 0.6) is 0 Å². The molecule has 2 fully saturated rings. The van der Waals surface area contributed by atoms with Gasteiger partial charge in [-0.25, -0.2) is 9.97 Å². The topological polar surface area (TPSA) is 78.0 Å². The summed E-state index contributed by atoms with van der Waals surface area (Å²) in [4.78, 5) is 11.2. The summed E-state index contributed by atoms with van der Waals surface area (Å²) in [7, 11) is 0. The van der Waals surface area contributed by atoms with Crippen LogP contribution >= 0.6 is 0 Å². The zero-order valence-corrected chi connectivity index (χ0v) is 19.3. The Morgan fingerprint density at radius 3 is 2.58 bits per heavy atom. The number of aryl methyl sites for hydroxylation is 1. The number of rotatable bonds is 6. The van der Waals surface area contributed by atoms with Gasteiger partial charge in [0.05, 0.1) is 5.60 Å². The maximum Gasteiger partial charge on any atom is 0.234 e. The Morgan fingerprint density at radius 1 is 1.09 bits per heavy atom. The van der Waals surface area contributed by atoms with E-state index in [1.807, 2.05) is 30.3 Å². The van der Waals surface area contributed by atoms with E-state index in [9.17, 15) is 10.4 Å². The van der Waals surface area contributed by atoms with Crippen LogP contribution in [0, 0.1) is 17.2 Å². The van der Waals surface area contributed by atoms with E-state index in [0.29, 0.717) is 0 Å². The SMILES string of the molecule is N#Cc1ncc2cc(CN3CCC(O)(c4ccccc4)CC3)n(CCC3CCCCC3)c2n1. The second-order valence-electron chi connectivity index (χ2n) is 9.84. The first kappa shape index (κ1) is 22.1. The molecule has 0 amide bonds. The molecule has 1 aliphatic heterocycles. The molecule has 6 heteroatoms. The number of benzene rings is 1. The first-order valence-electron chi connectivity index (χ1n) is 12.4. The molecule has 5 rings (SSSR count). The molecular formula is C27H33N5O. The summed E-state index contributed by atoms with van der Waals surface area (Å²) in [5.74, 6) is 1.02. The average Bonchev–Trinajstić information content (AvgIpc) is 3.21. The molecule has 0 bridgehead atoms. The van der Waals surface area contributed by atoms with Crippen LogP contribution in [0.25, 0.3) is 11.0 Å². The summed E-state index contributed by atoms with van der Waals surface area (Å²) < 4.78 is 2.32. The van der Waals surface area contributed by atoms with Gasteiger partial charge in [-0.15, -0.1) is 0 Å². The number of hydrogen-bond donors (Lipinski definition) is 1. The maximum absolute atomic E-state index is 11.2. The van der Waals surface area contributed by atoms with Gasteiger partial charge in [0.25, 0.3) is 0 Å². The molecule has 6 nitrogen and oxygen atoms in total. The fourth-order valence-corrected chi connectivity index (χ4v) is 5.66. The van der Waals surface area contributed by atoms with Crippen molar-refractivity contribution in [3.8, 4) is 6.07 Å². The van der Waals surface area contributed by atoms with Crippen molar-refractivity contribution < 1.29 is 5.11 Å². The summed E-state index contributed by atoms with van der Waals surface area (Å²) in [5.41, 5.74) is 2.39. The van der Waals surface area contributed by atoms with E-state index in [1.165, 1.54) is 37.8 Å². The molecule has 2 aliphatic rings. The minimum absolute atomic E-state index is 0.233. The number of likely N-dealkylation sites (tertiary alicyclic amines) is 1. The summed E-state index contributed by atoms with van der Waals surface area (Å²) in [6, 6.07) is 14.3. The number of aliphatic hydroxyl groups is 1. The Labute approximate surface area is 195 Å². The van der Waals surface area contributed by atoms with Gasteiger partial charge in [0.15, 0.2) is 0 Å². The Morgan fingerprint density at radius 2 is 1.85 bits per heavy atom. The predicted octanol–water partition coefficient (Wildman–Crippen LogP) is 4.76. The van der Waals surface area contributed by atoms with Crippen LogP contribution in [0.1, 0.15) is 68.4 Å². The summed E-state index contributed by atoms with van der Waals surface area (Å²) >= 11 is 0. The van der Waals surface area contributed by atoms with Crippen molar-refractivity contribution in [3.63, 3.8) is 0 Å². The molecule has 1 N–H and O–H groups in total. The lowest BCUT2D eigenvalue weighted by Crippen LogP contribution is -2.42. The van der Waals surface area contributed by atoms with Gasteiger partial charge in [0.2, 0.25) is 5.82 Å². The van der Waals surface area contributed by atoms with Crippen LogP contribution in [0.2, 0.25) is 0 Å². The van der Waals surface area contributed by atoms with Crippen molar-refractivity contribution in [1.29, 1.82) is 5.26 Å². The molecule has 3 aromatic rings.